The first-order valence-corrected chi connectivity index (χ1v) is 14.9. The number of para-hydroxylation sites is 1. The normalized spacial score (nSPS) is 19.5. The molecule has 0 saturated carbocycles. The fourth-order valence-corrected chi connectivity index (χ4v) is 6.44. The number of halogens is 6. The van der Waals surface area contributed by atoms with Gasteiger partial charge >= 0.3 is 12.4 Å². The highest BCUT2D eigenvalue weighted by atomic mass is 19.4. The van der Waals surface area contributed by atoms with Gasteiger partial charge in [0.15, 0.2) is 0 Å². The highest BCUT2D eigenvalue weighted by Gasteiger charge is 2.39. The van der Waals surface area contributed by atoms with Gasteiger partial charge in [0.1, 0.15) is 5.78 Å². The summed E-state index contributed by atoms with van der Waals surface area (Å²) in [6.45, 7) is 6.03. The van der Waals surface area contributed by atoms with Gasteiger partial charge in [-0.1, -0.05) is 18.2 Å². The number of fused-ring (bicyclic) bond motifs is 1. The summed E-state index contributed by atoms with van der Waals surface area (Å²) in [6.07, 6.45) is -5.29. The molecule has 0 unspecified atom stereocenters. The topological polar surface area (TPSA) is 59.7 Å². The molecule has 1 N–H and O–H groups in total. The van der Waals surface area contributed by atoms with Crippen LogP contribution in [0.4, 0.5) is 26.3 Å². The Morgan fingerprint density at radius 1 is 0.864 bits per heavy atom. The number of H-pyrrole nitrogens is 1. The fourth-order valence-electron chi connectivity index (χ4n) is 6.44. The number of hydrogen-bond donors (Lipinski definition) is 1. The van der Waals surface area contributed by atoms with Crippen molar-refractivity contribution in [2.75, 3.05) is 45.8 Å². The molecule has 12 heteroatoms. The summed E-state index contributed by atoms with van der Waals surface area (Å²) in [4.78, 5) is 34.6. The first kappa shape index (κ1) is 32.0. The highest BCUT2D eigenvalue weighted by Crippen LogP contribution is 2.37. The summed E-state index contributed by atoms with van der Waals surface area (Å²) < 4.78 is 81.3. The molecule has 1 aromatic heterocycles. The maximum Gasteiger partial charge on any atom is 0.416 e. The van der Waals surface area contributed by atoms with E-state index in [-0.39, 0.29) is 24.3 Å². The van der Waals surface area contributed by atoms with Crippen LogP contribution in [-0.2, 0) is 23.6 Å². The summed E-state index contributed by atoms with van der Waals surface area (Å²) in [5.74, 6) is -0.483. The SMILES string of the molecule is CC(=O)C1CCN(CCCN2CCN(C(=O)c3cc(C(F)(F)F)cc(C(F)(F)F)c3)[C@H](Cc3c[nH]c4ccccc34)C2)CC1. The van der Waals surface area contributed by atoms with E-state index in [0.717, 1.165) is 61.9 Å². The molecule has 0 bridgehead atoms. The van der Waals surface area contributed by atoms with Crippen molar-refractivity contribution >= 4 is 22.6 Å². The molecule has 2 aliphatic heterocycles. The summed E-state index contributed by atoms with van der Waals surface area (Å²) in [5.41, 5.74) is -1.82. The quantitative estimate of drug-likeness (QED) is 0.301. The molecule has 0 aliphatic carbocycles. The van der Waals surface area contributed by atoms with Crippen molar-refractivity contribution in [3.63, 3.8) is 0 Å². The Bertz CT molecular complexity index is 1440. The second kappa shape index (κ2) is 12.9. The minimum absolute atomic E-state index is 0.0424. The predicted octanol–water partition coefficient (Wildman–Crippen LogP) is 6.27. The van der Waals surface area contributed by atoms with Gasteiger partial charge in [0.05, 0.1) is 11.1 Å². The maximum atomic E-state index is 13.7. The average molecular weight is 623 g/mol. The molecule has 1 atom stereocenters. The number of aromatic amines is 1. The predicted molar refractivity (Wildman–Crippen MR) is 154 cm³/mol. The number of alkyl halides is 6. The van der Waals surface area contributed by atoms with Gasteiger partial charge in [0, 0.05) is 54.3 Å². The first-order chi connectivity index (χ1) is 20.8. The van der Waals surface area contributed by atoms with Gasteiger partial charge in [-0.2, -0.15) is 26.3 Å². The zero-order chi connectivity index (χ0) is 31.6. The summed E-state index contributed by atoms with van der Waals surface area (Å²) >= 11 is 0. The molecule has 1 amide bonds. The number of piperidine rings is 1. The van der Waals surface area contributed by atoms with E-state index in [0.29, 0.717) is 31.6 Å². The third kappa shape index (κ3) is 7.46. The number of ketones is 1. The van der Waals surface area contributed by atoms with Crippen LogP contribution in [0.3, 0.4) is 0 Å². The lowest BCUT2D eigenvalue weighted by Crippen LogP contribution is -2.56. The number of amides is 1. The number of benzene rings is 2. The van der Waals surface area contributed by atoms with Crippen LogP contribution >= 0.6 is 0 Å². The Morgan fingerprint density at radius 2 is 1.50 bits per heavy atom. The van der Waals surface area contributed by atoms with Crippen molar-refractivity contribution in [1.82, 2.24) is 19.7 Å². The Morgan fingerprint density at radius 3 is 2.14 bits per heavy atom. The number of carbonyl (C=O) groups is 2. The molecule has 2 aromatic carbocycles. The monoisotopic (exact) mass is 622 g/mol. The third-order valence-electron chi connectivity index (χ3n) is 8.90. The maximum absolute atomic E-state index is 13.7. The molecular weight excluding hydrogens is 586 g/mol. The van der Waals surface area contributed by atoms with E-state index in [1.54, 1.807) is 6.92 Å². The number of rotatable bonds is 8. The minimum atomic E-state index is -5.04. The van der Waals surface area contributed by atoms with Crippen LogP contribution in [0.2, 0.25) is 0 Å². The van der Waals surface area contributed by atoms with Crippen LogP contribution in [-0.4, -0.2) is 83.2 Å². The average Bonchev–Trinajstić information content (AvgIpc) is 3.39. The van der Waals surface area contributed by atoms with Crippen LogP contribution in [0.5, 0.6) is 0 Å². The third-order valence-corrected chi connectivity index (χ3v) is 8.90. The number of nitrogens with zero attached hydrogens (tertiary/aromatic N) is 3. The number of piperazine rings is 1. The van der Waals surface area contributed by atoms with Crippen LogP contribution in [0.25, 0.3) is 10.9 Å². The first-order valence-electron chi connectivity index (χ1n) is 14.9. The molecule has 44 heavy (non-hydrogen) atoms. The van der Waals surface area contributed by atoms with Gasteiger partial charge in [-0.05, 0) is 88.6 Å². The molecule has 2 saturated heterocycles. The number of carbonyl (C=O) groups excluding carboxylic acids is 2. The van der Waals surface area contributed by atoms with Gasteiger partial charge < -0.3 is 14.8 Å². The highest BCUT2D eigenvalue weighted by molar-refractivity contribution is 5.95. The largest absolute Gasteiger partial charge is 0.416 e. The Labute approximate surface area is 252 Å². The Balaban J connectivity index is 1.34. The molecule has 6 nitrogen and oxygen atoms in total. The fraction of sp³-hybridized carbons (Fsp3) is 0.500. The van der Waals surface area contributed by atoms with Crippen molar-refractivity contribution in [1.29, 1.82) is 0 Å². The van der Waals surface area contributed by atoms with E-state index >= 15 is 0 Å². The number of hydrogen-bond acceptors (Lipinski definition) is 4. The zero-order valence-corrected chi connectivity index (χ0v) is 24.5. The molecule has 5 rings (SSSR count). The lowest BCUT2D eigenvalue weighted by molar-refractivity contribution is -0.143. The lowest BCUT2D eigenvalue weighted by atomic mass is 9.93. The lowest BCUT2D eigenvalue weighted by Gasteiger charge is -2.42. The van der Waals surface area contributed by atoms with E-state index in [1.807, 2.05) is 30.5 Å². The van der Waals surface area contributed by atoms with Crippen molar-refractivity contribution in [3.8, 4) is 0 Å². The molecule has 0 spiro atoms. The number of aromatic nitrogens is 1. The van der Waals surface area contributed by atoms with E-state index in [2.05, 4.69) is 14.8 Å². The number of Topliss-reactive ketones (excluding diaryl/α,β-unsaturated/α-hetero) is 1. The van der Waals surface area contributed by atoms with Crippen molar-refractivity contribution in [2.45, 2.75) is 51.0 Å². The summed E-state index contributed by atoms with van der Waals surface area (Å²) in [5, 5.41) is 0.949. The van der Waals surface area contributed by atoms with E-state index in [1.165, 1.54) is 4.90 Å². The van der Waals surface area contributed by atoms with Gasteiger partial charge in [-0.15, -0.1) is 0 Å². The molecule has 3 heterocycles. The van der Waals surface area contributed by atoms with Crippen molar-refractivity contribution in [3.05, 3.63) is 70.9 Å². The van der Waals surface area contributed by atoms with Gasteiger partial charge in [-0.3, -0.25) is 14.5 Å². The molecule has 3 aromatic rings. The minimum Gasteiger partial charge on any atom is -0.361 e. The van der Waals surface area contributed by atoms with E-state index < -0.39 is 41.0 Å². The smallest absolute Gasteiger partial charge is 0.361 e. The molecule has 2 aliphatic rings. The summed E-state index contributed by atoms with van der Waals surface area (Å²) in [7, 11) is 0. The Hall–Kier alpha value is -3.38. The van der Waals surface area contributed by atoms with E-state index in [9.17, 15) is 35.9 Å². The van der Waals surface area contributed by atoms with Gasteiger partial charge in [0.25, 0.3) is 5.91 Å². The zero-order valence-electron chi connectivity index (χ0n) is 24.5. The van der Waals surface area contributed by atoms with Gasteiger partial charge in [0.2, 0.25) is 0 Å². The van der Waals surface area contributed by atoms with Crippen LogP contribution in [0.15, 0.2) is 48.7 Å². The van der Waals surface area contributed by atoms with Crippen molar-refractivity contribution in [2.24, 2.45) is 5.92 Å². The molecule has 2 fully saturated rings. The molecular formula is C32H36F6N4O2. The van der Waals surface area contributed by atoms with Crippen LogP contribution in [0, 0.1) is 5.92 Å². The number of likely N-dealkylation sites (tertiary alicyclic amines) is 1. The Kier molecular flexibility index (Phi) is 9.41. The summed E-state index contributed by atoms with van der Waals surface area (Å²) in [6, 6.07) is 8.22. The second-order valence-corrected chi connectivity index (χ2v) is 11.9. The van der Waals surface area contributed by atoms with Gasteiger partial charge in [-0.25, -0.2) is 0 Å². The van der Waals surface area contributed by atoms with Crippen LogP contribution in [0.1, 0.15) is 53.2 Å². The number of nitrogens with one attached hydrogen (secondary N) is 1. The van der Waals surface area contributed by atoms with E-state index in [4.69, 9.17) is 0 Å². The second-order valence-electron chi connectivity index (χ2n) is 11.9. The molecule has 238 valence electrons. The molecule has 0 radical (unpaired) electrons. The van der Waals surface area contributed by atoms with Crippen LogP contribution < -0.4 is 0 Å². The van der Waals surface area contributed by atoms with Crippen molar-refractivity contribution < 1.29 is 35.9 Å². The standard InChI is InChI=1S/C32H36F6N4O2/c1-21(43)22-7-11-40(12-8-22)9-4-10-41-13-14-42(27(20-41)17-24-19-39-29-6-3-2-5-28(24)29)30(44)23-15-25(31(33,34)35)18-26(16-23)32(36,37)38/h2-3,5-6,15-16,18-19,22,27,39H,4,7-14,17,20H2,1H3/t27-/m1/s1.